The molecule has 0 aliphatic heterocycles. The molecule has 3 heteroatoms. The molecule has 3 aliphatic carbocycles. The third-order valence-corrected chi connectivity index (χ3v) is 6.66. The highest BCUT2D eigenvalue weighted by Crippen LogP contribution is 2.60. The van der Waals surface area contributed by atoms with Crippen LogP contribution >= 0.6 is 0 Å². The van der Waals surface area contributed by atoms with Crippen LogP contribution in [0, 0.1) is 30.1 Å². The Hall–Kier alpha value is -1.53. The lowest BCUT2D eigenvalue weighted by Gasteiger charge is -2.50. The fourth-order valence-electron chi connectivity index (χ4n) is 5.54. The summed E-state index contributed by atoms with van der Waals surface area (Å²) in [6.45, 7) is 6.32. The van der Waals surface area contributed by atoms with Crippen molar-refractivity contribution in [3.63, 3.8) is 0 Å². The monoisotopic (exact) mass is 362 g/mol. The number of aromatic hydroxyl groups is 1. The van der Waals surface area contributed by atoms with Gasteiger partial charge in [0.25, 0.3) is 0 Å². The van der Waals surface area contributed by atoms with Crippen molar-refractivity contribution in [1.82, 2.24) is 0 Å². The number of terminal acetylenes is 1. The number of rotatable bonds is 0. The summed E-state index contributed by atoms with van der Waals surface area (Å²) >= 11 is 0. The van der Waals surface area contributed by atoms with E-state index >= 15 is 0 Å². The van der Waals surface area contributed by atoms with Gasteiger partial charge in [-0.15, -0.1) is 12.8 Å². The first-order chi connectivity index (χ1) is 12.6. The minimum absolute atomic E-state index is 0.0883. The molecule has 146 valence electrons. The van der Waals surface area contributed by atoms with Crippen LogP contribution < -0.4 is 0 Å². The minimum Gasteiger partial charge on any atom is -0.508 e. The summed E-state index contributed by atoms with van der Waals surface area (Å²) in [5.74, 6) is 2.49. The zero-order chi connectivity index (χ0) is 19.9. The number of alkyl halides is 1. The molecule has 0 bridgehead atoms. The van der Waals surface area contributed by atoms with Crippen LogP contribution in [-0.4, -0.2) is 23.5 Å². The van der Waals surface area contributed by atoms with Crippen molar-refractivity contribution >= 4 is 0 Å². The van der Waals surface area contributed by atoms with E-state index in [0.717, 1.165) is 25.2 Å². The summed E-state index contributed by atoms with van der Waals surface area (Å²) < 4.78 is 9.50. The second-order valence-corrected chi connectivity index (χ2v) is 7.44. The molecule has 0 spiro atoms. The van der Waals surface area contributed by atoms with Crippen molar-refractivity contribution in [3.05, 3.63) is 29.3 Å². The number of aliphatic hydroxyl groups is 1. The van der Waals surface area contributed by atoms with E-state index in [0.29, 0.717) is 24.8 Å². The quantitative estimate of drug-likeness (QED) is 0.601. The van der Waals surface area contributed by atoms with Crippen LogP contribution in [-0.2, 0) is 6.42 Å². The SMILES string of the molecule is C#C.CC.CF.C[C@]12CCC3c4ccc(O)cc4CCC3C1CC[C@@H]2O. The van der Waals surface area contributed by atoms with Gasteiger partial charge in [-0.25, -0.2) is 0 Å². The van der Waals surface area contributed by atoms with E-state index in [1.165, 1.54) is 30.4 Å². The lowest BCUT2D eigenvalue weighted by Crippen LogP contribution is -2.43. The summed E-state index contributed by atoms with van der Waals surface area (Å²) in [5, 5.41) is 20.0. The molecule has 0 heterocycles. The lowest BCUT2D eigenvalue weighted by atomic mass is 9.55. The molecule has 0 saturated heterocycles. The Morgan fingerprint density at radius 3 is 2.38 bits per heavy atom. The molecule has 0 radical (unpaired) electrons. The van der Waals surface area contributed by atoms with Crippen LogP contribution in [0.25, 0.3) is 0 Å². The van der Waals surface area contributed by atoms with E-state index in [-0.39, 0.29) is 11.5 Å². The molecule has 1 aromatic rings. The Morgan fingerprint density at radius 1 is 1.08 bits per heavy atom. The number of phenols is 1. The highest BCUT2D eigenvalue weighted by atomic mass is 19.1. The van der Waals surface area contributed by atoms with Crippen molar-refractivity contribution < 1.29 is 14.6 Å². The Bertz CT molecular complexity index is 583. The molecule has 3 aliphatic rings. The standard InChI is InChI=1S/C18H24O2.C2H6.C2H2.CH3F/c1-18-9-8-14-13-5-3-12(19)10-11(13)2-4-15(14)16(18)6-7-17(18)20;3*1-2/h3,5,10,14-17,19-20H,2,4,6-9H2,1H3;1-2H3;1-2H;1H3/t14?,15?,16?,17-,18-;;;/m0.../s1. The van der Waals surface area contributed by atoms with Gasteiger partial charge in [0.1, 0.15) is 5.75 Å². The normalized spacial score (nSPS) is 33.4. The average molecular weight is 363 g/mol. The Morgan fingerprint density at radius 2 is 1.73 bits per heavy atom. The fraction of sp³-hybridized carbons (Fsp3) is 0.652. The summed E-state index contributed by atoms with van der Waals surface area (Å²) in [6.07, 6.45) is 14.8. The number of fused-ring (bicyclic) bond motifs is 5. The predicted molar refractivity (Wildman–Crippen MR) is 107 cm³/mol. The zero-order valence-corrected chi connectivity index (χ0v) is 16.7. The Kier molecular flexibility index (Phi) is 8.63. The van der Waals surface area contributed by atoms with Crippen molar-refractivity contribution in [1.29, 1.82) is 0 Å². The number of aliphatic hydroxyl groups excluding tert-OH is 1. The van der Waals surface area contributed by atoms with E-state index in [2.05, 4.69) is 25.8 Å². The van der Waals surface area contributed by atoms with E-state index in [9.17, 15) is 14.6 Å². The fourth-order valence-corrected chi connectivity index (χ4v) is 5.54. The molecule has 4 rings (SSSR count). The first kappa shape index (κ1) is 22.5. The van der Waals surface area contributed by atoms with Crippen LogP contribution in [0.1, 0.15) is 69.9 Å². The highest BCUT2D eigenvalue weighted by molar-refractivity contribution is 5.40. The van der Waals surface area contributed by atoms with Crippen LogP contribution in [0.3, 0.4) is 0 Å². The topological polar surface area (TPSA) is 40.5 Å². The first-order valence-corrected chi connectivity index (χ1v) is 9.80. The number of aryl methyl sites for hydroxylation is 1. The smallest absolute Gasteiger partial charge is 0.115 e. The van der Waals surface area contributed by atoms with E-state index in [4.69, 9.17) is 0 Å². The molecule has 0 aromatic heterocycles. The molecule has 3 unspecified atom stereocenters. The third-order valence-electron chi connectivity index (χ3n) is 6.66. The van der Waals surface area contributed by atoms with Gasteiger partial charge >= 0.3 is 0 Å². The molecular formula is C23H35FO2. The van der Waals surface area contributed by atoms with Gasteiger partial charge in [0.05, 0.1) is 13.3 Å². The Labute approximate surface area is 158 Å². The van der Waals surface area contributed by atoms with Gasteiger partial charge in [0.2, 0.25) is 0 Å². The summed E-state index contributed by atoms with van der Waals surface area (Å²) in [6, 6.07) is 5.96. The summed E-state index contributed by atoms with van der Waals surface area (Å²) in [7, 11) is 0.500. The molecule has 2 saturated carbocycles. The maximum atomic E-state index is 10.4. The maximum Gasteiger partial charge on any atom is 0.115 e. The molecule has 5 atom stereocenters. The molecule has 1 aromatic carbocycles. The number of phenolic OH excluding ortho intramolecular Hbond substituents is 1. The van der Waals surface area contributed by atoms with Crippen LogP contribution in [0.5, 0.6) is 5.75 Å². The van der Waals surface area contributed by atoms with E-state index in [1.54, 1.807) is 0 Å². The van der Waals surface area contributed by atoms with Gasteiger partial charge in [-0.2, -0.15) is 0 Å². The molecular weight excluding hydrogens is 327 g/mol. The van der Waals surface area contributed by atoms with Crippen LogP contribution in [0.15, 0.2) is 18.2 Å². The summed E-state index contributed by atoms with van der Waals surface area (Å²) in [4.78, 5) is 0. The van der Waals surface area contributed by atoms with Crippen LogP contribution in [0.4, 0.5) is 4.39 Å². The van der Waals surface area contributed by atoms with Gasteiger partial charge < -0.3 is 10.2 Å². The van der Waals surface area contributed by atoms with Gasteiger partial charge in [-0.05, 0) is 85.0 Å². The van der Waals surface area contributed by atoms with Gasteiger partial charge in [-0.1, -0.05) is 26.8 Å². The minimum atomic E-state index is -0.0883. The lowest BCUT2D eigenvalue weighted by molar-refractivity contribution is -0.0226. The summed E-state index contributed by atoms with van der Waals surface area (Å²) in [5.41, 5.74) is 2.99. The van der Waals surface area contributed by atoms with Crippen molar-refractivity contribution in [2.75, 3.05) is 7.18 Å². The van der Waals surface area contributed by atoms with Crippen LogP contribution in [0.2, 0.25) is 0 Å². The van der Waals surface area contributed by atoms with E-state index in [1.807, 2.05) is 26.0 Å². The largest absolute Gasteiger partial charge is 0.508 e. The molecule has 0 amide bonds. The van der Waals surface area contributed by atoms with Crippen molar-refractivity contribution in [2.24, 2.45) is 17.3 Å². The second kappa shape index (κ2) is 9.97. The zero-order valence-electron chi connectivity index (χ0n) is 16.7. The maximum absolute atomic E-state index is 10.4. The third kappa shape index (κ3) is 3.91. The number of benzene rings is 1. The van der Waals surface area contributed by atoms with Crippen molar-refractivity contribution in [2.45, 2.75) is 71.3 Å². The molecule has 2 N–H and O–H groups in total. The second-order valence-electron chi connectivity index (χ2n) is 7.44. The average Bonchev–Trinajstić information content (AvgIpc) is 3.01. The predicted octanol–water partition coefficient (Wildman–Crippen LogP) is 5.47. The Balaban J connectivity index is 0.000000515. The first-order valence-electron chi connectivity index (χ1n) is 9.80. The molecule has 2 fully saturated rings. The van der Waals surface area contributed by atoms with Gasteiger partial charge in [0.15, 0.2) is 0 Å². The highest BCUT2D eigenvalue weighted by Gasteiger charge is 2.54. The number of hydrogen-bond acceptors (Lipinski definition) is 2. The van der Waals surface area contributed by atoms with E-state index < -0.39 is 0 Å². The van der Waals surface area contributed by atoms with Gasteiger partial charge in [-0.3, -0.25) is 4.39 Å². The van der Waals surface area contributed by atoms with Crippen molar-refractivity contribution in [3.8, 4) is 18.6 Å². The molecule has 2 nitrogen and oxygen atoms in total. The number of halogens is 1. The number of hydrogen-bond donors (Lipinski definition) is 2. The molecule has 26 heavy (non-hydrogen) atoms. The van der Waals surface area contributed by atoms with Gasteiger partial charge in [0, 0.05) is 0 Å².